The van der Waals surface area contributed by atoms with Crippen LogP contribution < -0.4 is 10.6 Å². The number of thiol groups is 1. The Kier molecular flexibility index (Phi) is 10.1. The number of aryl methyl sites for hydroxylation is 1. The molecule has 1 aliphatic carbocycles. The largest absolute Gasteiger partial charge is 0.444 e. The maximum atomic E-state index is 13.8. The molecule has 8 heteroatoms. The van der Waals surface area contributed by atoms with Crippen LogP contribution in [0.1, 0.15) is 77.0 Å². The van der Waals surface area contributed by atoms with Crippen molar-refractivity contribution in [2.45, 2.75) is 90.4 Å². The smallest absolute Gasteiger partial charge is 0.408 e. The van der Waals surface area contributed by atoms with Crippen molar-refractivity contribution in [3.63, 3.8) is 0 Å². The van der Waals surface area contributed by atoms with Crippen molar-refractivity contribution in [3.05, 3.63) is 35.4 Å². The van der Waals surface area contributed by atoms with Gasteiger partial charge in [-0.1, -0.05) is 43.2 Å². The first-order chi connectivity index (χ1) is 15.6. The Morgan fingerprint density at radius 1 is 1.24 bits per heavy atom. The number of amides is 3. The summed E-state index contributed by atoms with van der Waals surface area (Å²) in [6, 6.07) is 5.94. The van der Waals surface area contributed by atoms with Crippen LogP contribution in [0.4, 0.5) is 4.79 Å². The number of carbonyl (C=O) groups excluding carboxylic acids is 3. The van der Waals surface area contributed by atoms with Gasteiger partial charge in [0.15, 0.2) is 0 Å². The van der Waals surface area contributed by atoms with Crippen molar-refractivity contribution >= 4 is 30.5 Å². The first-order valence-corrected chi connectivity index (χ1v) is 12.5. The van der Waals surface area contributed by atoms with Gasteiger partial charge in [-0.2, -0.15) is 12.6 Å². The molecule has 1 saturated carbocycles. The van der Waals surface area contributed by atoms with E-state index in [2.05, 4.69) is 30.2 Å². The normalized spacial score (nSPS) is 15.7. The van der Waals surface area contributed by atoms with Gasteiger partial charge in [0.25, 0.3) is 0 Å². The zero-order valence-corrected chi connectivity index (χ0v) is 21.4. The highest BCUT2D eigenvalue weighted by Crippen LogP contribution is 2.34. The van der Waals surface area contributed by atoms with Crippen LogP contribution in [0, 0.1) is 6.92 Å². The van der Waals surface area contributed by atoms with Gasteiger partial charge >= 0.3 is 6.09 Å². The minimum absolute atomic E-state index is 0.0669. The fourth-order valence-corrected chi connectivity index (χ4v) is 4.01. The lowest BCUT2D eigenvalue weighted by Gasteiger charge is -2.43. The molecule has 184 valence electrons. The quantitative estimate of drug-likeness (QED) is 0.349. The molecule has 2 rings (SSSR count). The number of rotatable bonds is 10. The molecule has 0 aromatic heterocycles. The third-order valence-corrected chi connectivity index (χ3v) is 5.97. The van der Waals surface area contributed by atoms with E-state index in [1.54, 1.807) is 25.7 Å². The molecule has 2 unspecified atom stereocenters. The van der Waals surface area contributed by atoms with E-state index in [9.17, 15) is 14.4 Å². The van der Waals surface area contributed by atoms with Crippen LogP contribution >= 0.6 is 12.6 Å². The number of carbonyl (C=O) groups is 3. The minimum Gasteiger partial charge on any atom is -0.444 e. The third kappa shape index (κ3) is 7.95. The molecule has 2 atom stereocenters. The number of ether oxygens (including phenoxy) is 1. The Labute approximate surface area is 203 Å². The van der Waals surface area contributed by atoms with Crippen molar-refractivity contribution < 1.29 is 19.1 Å². The van der Waals surface area contributed by atoms with Crippen LogP contribution in [0.2, 0.25) is 0 Å². The van der Waals surface area contributed by atoms with Crippen LogP contribution in [0.25, 0.3) is 0 Å². The van der Waals surface area contributed by atoms with E-state index >= 15 is 0 Å². The molecule has 1 aromatic carbocycles. The van der Waals surface area contributed by atoms with Crippen LogP contribution in [0.5, 0.6) is 0 Å². The van der Waals surface area contributed by atoms with Gasteiger partial charge in [0.1, 0.15) is 17.7 Å². The van der Waals surface area contributed by atoms with Gasteiger partial charge in [-0.25, -0.2) is 4.79 Å². The van der Waals surface area contributed by atoms with Gasteiger partial charge in [-0.05, 0) is 58.9 Å². The van der Waals surface area contributed by atoms with E-state index in [0.29, 0.717) is 6.54 Å². The second-order valence-corrected chi connectivity index (χ2v) is 10.0. The predicted octanol–water partition coefficient (Wildman–Crippen LogP) is 4.16. The Morgan fingerprint density at radius 2 is 1.94 bits per heavy atom. The monoisotopic (exact) mass is 477 g/mol. The molecule has 33 heavy (non-hydrogen) atoms. The van der Waals surface area contributed by atoms with Crippen LogP contribution in [0.3, 0.4) is 0 Å². The maximum absolute atomic E-state index is 13.8. The fraction of sp³-hybridized carbons (Fsp3) is 0.640. The molecular weight excluding hydrogens is 438 g/mol. The molecular formula is C25H39N3O4S. The summed E-state index contributed by atoms with van der Waals surface area (Å²) in [4.78, 5) is 41.2. The molecule has 0 aliphatic heterocycles. The average molecular weight is 478 g/mol. The lowest BCUT2D eigenvalue weighted by Crippen LogP contribution is -2.58. The average Bonchev–Trinajstić information content (AvgIpc) is 2.68. The van der Waals surface area contributed by atoms with Crippen molar-refractivity contribution in [1.29, 1.82) is 0 Å². The SMILES string of the molecule is CCCCNC(=O)C(c1cccc(C)c1)N(C(=O)C(CS)NC(=O)OC(C)(C)C)C1CCC1. The standard InChI is InChI=1S/C25H39N3O4S/c1-6-7-14-26-22(29)21(18-11-8-10-17(2)15-18)28(19-12-9-13-19)23(30)20(16-33)27-24(31)32-25(3,4)5/h8,10-11,15,19-21,33H,6-7,9,12-14,16H2,1-5H3,(H,26,29)(H,27,31). The summed E-state index contributed by atoms with van der Waals surface area (Å²) in [6.45, 7) is 9.87. The van der Waals surface area contributed by atoms with Gasteiger partial charge in [0, 0.05) is 18.3 Å². The number of benzene rings is 1. The highest BCUT2D eigenvalue weighted by atomic mass is 32.1. The number of nitrogens with one attached hydrogen (secondary N) is 2. The summed E-state index contributed by atoms with van der Waals surface area (Å²) in [5, 5.41) is 5.66. The molecule has 0 spiro atoms. The van der Waals surface area contributed by atoms with Gasteiger partial charge in [0.2, 0.25) is 11.8 Å². The highest BCUT2D eigenvalue weighted by Gasteiger charge is 2.41. The van der Waals surface area contributed by atoms with Gasteiger partial charge in [-0.3, -0.25) is 9.59 Å². The second-order valence-electron chi connectivity index (χ2n) is 9.67. The molecule has 0 bridgehead atoms. The number of nitrogens with zero attached hydrogens (tertiary/aromatic N) is 1. The molecule has 1 aliphatic rings. The summed E-state index contributed by atoms with van der Waals surface area (Å²) in [6.07, 6.45) is 3.79. The first kappa shape index (κ1) is 27.0. The Hall–Kier alpha value is -2.22. The van der Waals surface area contributed by atoms with Gasteiger partial charge in [0.05, 0.1) is 0 Å². The highest BCUT2D eigenvalue weighted by molar-refractivity contribution is 7.80. The fourth-order valence-electron chi connectivity index (χ4n) is 3.76. The summed E-state index contributed by atoms with van der Waals surface area (Å²) in [7, 11) is 0. The summed E-state index contributed by atoms with van der Waals surface area (Å²) < 4.78 is 5.34. The van der Waals surface area contributed by atoms with Crippen molar-refractivity contribution in [2.75, 3.05) is 12.3 Å². The zero-order chi connectivity index (χ0) is 24.6. The van der Waals surface area contributed by atoms with E-state index in [-0.39, 0.29) is 23.6 Å². The summed E-state index contributed by atoms with van der Waals surface area (Å²) in [5.41, 5.74) is 1.09. The minimum atomic E-state index is -0.903. The van der Waals surface area contributed by atoms with E-state index in [0.717, 1.165) is 43.2 Å². The molecule has 1 fully saturated rings. The maximum Gasteiger partial charge on any atom is 0.408 e. The number of hydrogen-bond acceptors (Lipinski definition) is 5. The zero-order valence-electron chi connectivity index (χ0n) is 20.5. The van der Waals surface area contributed by atoms with E-state index in [4.69, 9.17) is 4.74 Å². The van der Waals surface area contributed by atoms with Crippen molar-refractivity contribution in [3.8, 4) is 0 Å². The molecule has 1 aromatic rings. The Morgan fingerprint density at radius 3 is 2.45 bits per heavy atom. The van der Waals surface area contributed by atoms with Crippen LogP contribution in [0.15, 0.2) is 24.3 Å². The van der Waals surface area contributed by atoms with Crippen LogP contribution in [-0.4, -0.2) is 52.8 Å². The Balaban J connectivity index is 2.37. The van der Waals surface area contributed by atoms with E-state index < -0.39 is 23.8 Å². The summed E-state index contributed by atoms with van der Waals surface area (Å²) >= 11 is 4.33. The number of alkyl carbamates (subject to hydrolysis) is 1. The lowest BCUT2D eigenvalue weighted by atomic mass is 9.88. The van der Waals surface area contributed by atoms with Gasteiger partial charge < -0.3 is 20.3 Å². The van der Waals surface area contributed by atoms with Crippen molar-refractivity contribution in [2.24, 2.45) is 0 Å². The molecule has 2 N–H and O–H groups in total. The van der Waals surface area contributed by atoms with Gasteiger partial charge in [-0.15, -0.1) is 0 Å². The van der Waals surface area contributed by atoms with Crippen LogP contribution in [-0.2, 0) is 14.3 Å². The number of unbranched alkanes of at least 4 members (excludes halogenated alkanes) is 1. The number of hydrogen-bond donors (Lipinski definition) is 3. The molecule has 3 amide bonds. The first-order valence-electron chi connectivity index (χ1n) is 11.8. The third-order valence-electron chi connectivity index (χ3n) is 5.61. The molecule has 7 nitrogen and oxygen atoms in total. The molecule has 0 saturated heterocycles. The molecule has 0 heterocycles. The molecule has 0 radical (unpaired) electrons. The second kappa shape index (κ2) is 12.3. The van der Waals surface area contributed by atoms with Crippen molar-refractivity contribution in [1.82, 2.24) is 15.5 Å². The topological polar surface area (TPSA) is 87.7 Å². The van der Waals surface area contributed by atoms with E-state index in [1.807, 2.05) is 31.2 Å². The summed E-state index contributed by atoms with van der Waals surface area (Å²) in [5.74, 6) is -0.429. The predicted molar refractivity (Wildman–Crippen MR) is 133 cm³/mol. The van der Waals surface area contributed by atoms with E-state index in [1.165, 1.54) is 0 Å². The lowest BCUT2D eigenvalue weighted by molar-refractivity contribution is -0.147. The Bertz CT molecular complexity index is 820.